The number of hydrogen-bond acceptors (Lipinski definition) is 9. The highest BCUT2D eigenvalue weighted by Gasteiger charge is 2.47. The van der Waals surface area contributed by atoms with Crippen molar-refractivity contribution in [1.82, 2.24) is 31.5 Å². The van der Waals surface area contributed by atoms with Gasteiger partial charge in [-0.25, -0.2) is 0 Å². The number of amides is 7. The smallest absolute Gasteiger partial charge is 0.243 e. The maximum Gasteiger partial charge on any atom is 0.243 e. The summed E-state index contributed by atoms with van der Waals surface area (Å²) in [7, 11) is 0. The van der Waals surface area contributed by atoms with E-state index >= 15 is 0 Å². The maximum absolute atomic E-state index is 13.2. The summed E-state index contributed by atoms with van der Waals surface area (Å²) < 4.78 is 5.94. The van der Waals surface area contributed by atoms with E-state index in [-0.39, 0.29) is 67.4 Å². The number of carbonyl (C=O) groups excluding carboxylic acids is 8. The summed E-state index contributed by atoms with van der Waals surface area (Å²) in [6.45, 7) is 10.3. The van der Waals surface area contributed by atoms with Gasteiger partial charge in [-0.3, -0.25) is 43.3 Å². The average molecular weight is 769 g/mol. The lowest BCUT2D eigenvalue weighted by atomic mass is 9.79. The summed E-state index contributed by atoms with van der Waals surface area (Å²) in [5.74, 6) is -3.39. The molecule has 1 unspecified atom stereocenters. The van der Waals surface area contributed by atoms with E-state index in [1.807, 2.05) is 47.6 Å². The van der Waals surface area contributed by atoms with E-state index < -0.39 is 53.8 Å². The lowest BCUT2D eigenvalue weighted by Gasteiger charge is -2.33. The van der Waals surface area contributed by atoms with Crippen LogP contribution < -0.4 is 26.6 Å². The van der Waals surface area contributed by atoms with Crippen molar-refractivity contribution in [3.8, 4) is 0 Å². The molecule has 1 aliphatic heterocycles. The highest BCUT2D eigenvalue weighted by Crippen LogP contribution is 2.39. The highest BCUT2D eigenvalue weighted by molar-refractivity contribution is 6.04. The summed E-state index contributed by atoms with van der Waals surface area (Å²) in [5, 5.41) is 12.7. The lowest BCUT2D eigenvalue weighted by molar-refractivity contribution is -0.155. The van der Waals surface area contributed by atoms with Crippen molar-refractivity contribution in [2.75, 3.05) is 32.9 Å². The maximum atomic E-state index is 13.2. The van der Waals surface area contributed by atoms with Gasteiger partial charge in [-0.1, -0.05) is 78.3 Å². The third kappa shape index (κ3) is 14.2. The molecule has 15 nitrogen and oxygen atoms in total. The SMILES string of the molecule is CC(C)(C)C(=O)C1(OCNC(=O)CNC(=O)[C@H](Cc2ccccc2)NC(=O)CNC(=O)CNC(=O)CCCCCN2C(=O)CC(C(C)(C)C)C2=O)CCCC1. The molecule has 1 aliphatic carbocycles. The van der Waals surface area contributed by atoms with Crippen molar-refractivity contribution < 1.29 is 43.1 Å². The van der Waals surface area contributed by atoms with E-state index in [2.05, 4.69) is 26.6 Å². The van der Waals surface area contributed by atoms with Gasteiger partial charge in [0.05, 0.1) is 25.6 Å². The zero-order valence-corrected chi connectivity index (χ0v) is 33.3. The Morgan fingerprint density at radius 1 is 0.782 bits per heavy atom. The number of benzene rings is 1. The number of hydrogen-bond donors (Lipinski definition) is 5. The molecule has 2 aliphatic rings. The van der Waals surface area contributed by atoms with Gasteiger partial charge < -0.3 is 31.3 Å². The van der Waals surface area contributed by atoms with E-state index in [1.165, 1.54) is 4.90 Å². The molecule has 55 heavy (non-hydrogen) atoms. The topological polar surface area (TPSA) is 209 Å². The third-order valence-corrected chi connectivity index (χ3v) is 9.95. The van der Waals surface area contributed by atoms with Crippen LogP contribution in [0.4, 0.5) is 0 Å². The van der Waals surface area contributed by atoms with Gasteiger partial charge in [0.1, 0.15) is 18.4 Å². The molecule has 1 aromatic rings. The van der Waals surface area contributed by atoms with Crippen molar-refractivity contribution in [2.24, 2.45) is 16.7 Å². The zero-order chi connectivity index (χ0) is 40.8. The van der Waals surface area contributed by atoms with Gasteiger partial charge in [-0.05, 0) is 49.5 Å². The second-order valence-electron chi connectivity index (χ2n) is 16.6. The molecule has 0 radical (unpaired) electrons. The van der Waals surface area contributed by atoms with Crippen LogP contribution in [0.2, 0.25) is 0 Å². The number of ketones is 1. The minimum atomic E-state index is -1.07. The number of rotatable bonds is 20. The van der Waals surface area contributed by atoms with Crippen LogP contribution in [0.5, 0.6) is 0 Å². The fourth-order valence-electron chi connectivity index (χ4n) is 6.81. The second-order valence-corrected chi connectivity index (χ2v) is 16.6. The summed E-state index contributed by atoms with van der Waals surface area (Å²) >= 11 is 0. The van der Waals surface area contributed by atoms with Gasteiger partial charge in [-0.15, -0.1) is 0 Å². The van der Waals surface area contributed by atoms with Gasteiger partial charge >= 0.3 is 0 Å². The average Bonchev–Trinajstić information content (AvgIpc) is 3.72. The number of likely N-dealkylation sites (tertiary alicyclic amines) is 1. The first-order valence-corrected chi connectivity index (χ1v) is 19.3. The first-order valence-electron chi connectivity index (χ1n) is 19.3. The molecule has 1 saturated carbocycles. The van der Waals surface area contributed by atoms with Crippen LogP contribution in [0.1, 0.15) is 105 Å². The van der Waals surface area contributed by atoms with Crippen LogP contribution in [0.25, 0.3) is 0 Å². The summed E-state index contributed by atoms with van der Waals surface area (Å²) in [6, 6.07) is 7.90. The van der Waals surface area contributed by atoms with Gasteiger partial charge in [0.2, 0.25) is 41.4 Å². The molecule has 0 aromatic heterocycles. The predicted octanol–water partition coefficient (Wildman–Crippen LogP) is 2.06. The third-order valence-electron chi connectivity index (χ3n) is 9.95. The van der Waals surface area contributed by atoms with Crippen LogP contribution in [0.15, 0.2) is 30.3 Å². The van der Waals surface area contributed by atoms with Crippen LogP contribution in [0.3, 0.4) is 0 Å². The predicted molar refractivity (Wildman–Crippen MR) is 204 cm³/mol. The van der Waals surface area contributed by atoms with Crippen LogP contribution in [-0.4, -0.2) is 96.6 Å². The van der Waals surface area contributed by atoms with Crippen molar-refractivity contribution in [2.45, 2.75) is 117 Å². The largest absolute Gasteiger partial charge is 0.347 e. The molecule has 2 fully saturated rings. The Balaban J connectivity index is 1.37. The summed E-state index contributed by atoms with van der Waals surface area (Å²) in [6.07, 6.45) is 5.08. The van der Waals surface area contributed by atoms with Crippen molar-refractivity contribution in [1.29, 1.82) is 0 Å². The highest BCUT2D eigenvalue weighted by atomic mass is 16.5. The quantitative estimate of drug-likeness (QED) is 0.0746. The monoisotopic (exact) mass is 768 g/mol. The molecule has 1 heterocycles. The van der Waals surface area contributed by atoms with Crippen LogP contribution >= 0.6 is 0 Å². The lowest BCUT2D eigenvalue weighted by Crippen LogP contribution is -2.52. The van der Waals surface area contributed by atoms with E-state index in [1.54, 1.807) is 24.3 Å². The van der Waals surface area contributed by atoms with E-state index in [9.17, 15) is 38.4 Å². The summed E-state index contributed by atoms with van der Waals surface area (Å²) in [5.41, 5.74) is -1.07. The molecular formula is C40H60N6O9. The molecule has 304 valence electrons. The molecule has 0 bridgehead atoms. The fourth-order valence-corrected chi connectivity index (χ4v) is 6.81. The van der Waals surface area contributed by atoms with Crippen molar-refractivity contribution in [3.05, 3.63) is 35.9 Å². The first-order chi connectivity index (χ1) is 25.8. The Bertz CT molecular complexity index is 1540. The zero-order valence-electron chi connectivity index (χ0n) is 33.3. The number of imide groups is 1. The fraction of sp³-hybridized carbons (Fsp3) is 0.650. The van der Waals surface area contributed by atoms with Crippen molar-refractivity contribution >= 4 is 47.1 Å². The molecule has 1 aromatic carbocycles. The Morgan fingerprint density at radius 3 is 2.00 bits per heavy atom. The van der Waals surface area contributed by atoms with Crippen molar-refractivity contribution in [3.63, 3.8) is 0 Å². The molecule has 2 atom stereocenters. The molecule has 15 heteroatoms. The van der Waals surface area contributed by atoms with Crippen LogP contribution in [-0.2, 0) is 49.5 Å². The minimum absolute atomic E-state index is 0.00806. The Morgan fingerprint density at radius 2 is 1.38 bits per heavy atom. The van der Waals surface area contributed by atoms with E-state index in [0.29, 0.717) is 38.6 Å². The molecule has 7 amide bonds. The number of nitrogens with one attached hydrogen (secondary N) is 5. The molecule has 3 rings (SSSR count). The number of ether oxygens (including phenoxy) is 1. The van der Waals surface area contributed by atoms with Gasteiger partial charge in [-0.2, -0.15) is 0 Å². The molecular weight excluding hydrogens is 708 g/mol. The number of Topliss-reactive ketones (excluding diaryl/α,β-unsaturated/α-hetero) is 1. The number of carbonyl (C=O) groups is 8. The van der Waals surface area contributed by atoms with E-state index in [0.717, 1.165) is 18.4 Å². The Kier molecular flexibility index (Phi) is 16.5. The van der Waals surface area contributed by atoms with E-state index in [4.69, 9.17) is 4.74 Å². The number of nitrogens with zero attached hydrogens (tertiary/aromatic N) is 1. The Labute approximate surface area is 324 Å². The molecule has 0 spiro atoms. The normalized spacial score (nSPS) is 17.3. The molecule has 5 N–H and O–H groups in total. The van der Waals surface area contributed by atoms with Gasteiger partial charge in [0, 0.05) is 31.2 Å². The number of unbranched alkanes of at least 4 members (excludes halogenated alkanes) is 2. The summed E-state index contributed by atoms with van der Waals surface area (Å²) in [4.78, 5) is 103. The van der Waals surface area contributed by atoms with Gasteiger partial charge in [0.15, 0.2) is 5.78 Å². The minimum Gasteiger partial charge on any atom is -0.347 e. The standard InChI is InChI=1S/C40H60N6O9/c1-38(2,3)28-22-34(51)46(36(28)53)20-14-8-11-17-30(47)41-23-31(48)42-25-33(50)45-29(21-27-15-9-7-10-16-27)35(52)43-24-32(49)44-26-55-40(18-12-13-19-40)37(54)39(4,5)6/h7,9-10,15-16,28-29H,8,11-14,17-26H2,1-6H3,(H,41,47)(H,42,48)(H,43,52)(H,44,49)(H,45,50)/t28?,29-/m0/s1. The Hall–Kier alpha value is -4.66. The molecule has 1 saturated heterocycles. The van der Waals surface area contributed by atoms with Gasteiger partial charge in [0.25, 0.3) is 0 Å². The second kappa shape index (κ2) is 20.3. The first kappa shape index (κ1) is 44.7. The van der Waals surface area contributed by atoms with Crippen LogP contribution in [0, 0.1) is 16.7 Å².